The second kappa shape index (κ2) is 2.50. The Morgan fingerprint density at radius 2 is 1.94 bits per heavy atom. The van der Waals surface area contributed by atoms with E-state index in [0.29, 0.717) is 0 Å². The molecule has 0 spiro atoms. The molecule has 1 aliphatic carbocycles. The van der Waals surface area contributed by atoms with Gasteiger partial charge in [0.1, 0.15) is 11.2 Å². The Labute approximate surface area is 91.3 Å². The summed E-state index contributed by atoms with van der Waals surface area (Å²) in [5, 5.41) is 12.3. The second-order valence-corrected chi connectivity index (χ2v) is 4.45. The average molecular weight is 214 g/mol. The number of furan rings is 2. The molecule has 0 radical (unpaired) electrons. The van der Waals surface area contributed by atoms with Crippen LogP contribution in [0.3, 0.4) is 0 Å². The highest BCUT2D eigenvalue weighted by atomic mass is 16.3. The van der Waals surface area contributed by atoms with Gasteiger partial charge in [0.2, 0.25) is 0 Å². The first kappa shape index (κ1) is 8.42. The van der Waals surface area contributed by atoms with E-state index < -0.39 is 5.60 Å². The Morgan fingerprint density at radius 1 is 1.12 bits per heavy atom. The summed E-state index contributed by atoms with van der Waals surface area (Å²) >= 11 is 0. The number of rotatable bonds is 1. The molecule has 2 heterocycles. The lowest BCUT2D eigenvalue weighted by atomic mass is 10.0. The summed E-state index contributed by atoms with van der Waals surface area (Å²) in [6.45, 7) is 0. The van der Waals surface area contributed by atoms with Crippen LogP contribution in [0.1, 0.15) is 18.4 Å². The van der Waals surface area contributed by atoms with Crippen molar-refractivity contribution >= 4 is 21.9 Å². The van der Waals surface area contributed by atoms with Gasteiger partial charge in [0.05, 0.1) is 18.1 Å². The Balaban J connectivity index is 2.26. The Bertz CT molecular complexity index is 637. The lowest BCUT2D eigenvalue weighted by Crippen LogP contribution is -2.04. The van der Waals surface area contributed by atoms with E-state index in [9.17, 15) is 5.11 Å². The minimum Gasteiger partial charge on any atom is -0.464 e. The van der Waals surface area contributed by atoms with E-state index in [-0.39, 0.29) is 0 Å². The number of aliphatic hydroxyl groups is 1. The molecule has 4 rings (SSSR count). The first-order chi connectivity index (χ1) is 7.78. The van der Waals surface area contributed by atoms with Crippen molar-refractivity contribution in [3.63, 3.8) is 0 Å². The van der Waals surface area contributed by atoms with Crippen LogP contribution in [0.25, 0.3) is 21.9 Å². The van der Waals surface area contributed by atoms with Gasteiger partial charge in [-0.15, -0.1) is 0 Å². The fourth-order valence-corrected chi connectivity index (χ4v) is 2.37. The number of hydrogen-bond donors (Lipinski definition) is 1. The molecule has 1 aliphatic rings. The molecule has 1 aromatic carbocycles. The highest BCUT2D eigenvalue weighted by Gasteiger charge is 2.45. The standard InChI is InChI=1S/C13H10O3/c14-13(3-4-13)11-9-2-6-15-10(9)7-8-1-5-16-12(8)11/h1-2,5-7,14H,3-4H2. The Hall–Kier alpha value is -1.74. The van der Waals surface area contributed by atoms with Crippen molar-refractivity contribution in [3.05, 3.63) is 36.3 Å². The van der Waals surface area contributed by atoms with Gasteiger partial charge in [-0.2, -0.15) is 0 Å². The molecule has 0 amide bonds. The van der Waals surface area contributed by atoms with Crippen LogP contribution >= 0.6 is 0 Å². The highest BCUT2D eigenvalue weighted by molar-refractivity contribution is 5.98. The summed E-state index contributed by atoms with van der Waals surface area (Å²) in [7, 11) is 0. The van der Waals surface area contributed by atoms with E-state index in [1.54, 1.807) is 12.5 Å². The van der Waals surface area contributed by atoms with Gasteiger partial charge in [0, 0.05) is 16.3 Å². The molecule has 80 valence electrons. The zero-order valence-corrected chi connectivity index (χ0v) is 8.56. The third-order valence-corrected chi connectivity index (χ3v) is 3.36. The quantitative estimate of drug-likeness (QED) is 0.676. The number of hydrogen-bond acceptors (Lipinski definition) is 3. The summed E-state index contributed by atoms with van der Waals surface area (Å²) in [6.07, 6.45) is 4.90. The van der Waals surface area contributed by atoms with E-state index in [4.69, 9.17) is 8.83 Å². The van der Waals surface area contributed by atoms with Gasteiger partial charge in [-0.1, -0.05) is 0 Å². The zero-order chi connectivity index (χ0) is 10.8. The largest absolute Gasteiger partial charge is 0.464 e. The summed E-state index contributed by atoms with van der Waals surface area (Å²) in [5.74, 6) is 0. The van der Waals surface area contributed by atoms with E-state index in [0.717, 1.165) is 40.3 Å². The predicted octanol–water partition coefficient (Wildman–Crippen LogP) is 3.16. The van der Waals surface area contributed by atoms with Gasteiger partial charge >= 0.3 is 0 Å². The van der Waals surface area contributed by atoms with Crippen LogP contribution in [0.15, 0.2) is 39.6 Å². The maximum atomic E-state index is 10.3. The fraction of sp³-hybridized carbons (Fsp3) is 0.231. The van der Waals surface area contributed by atoms with E-state index in [2.05, 4.69) is 0 Å². The Morgan fingerprint density at radius 3 is 2.75 bits per heavy atom. The van der Waals surface area contributed by atoms with Crippen LogP contribution in [0, 0.1) is 0 Å². The van der Waals surface area contributed by atoms with Crippen molar-refractivity contribution in [2.24, 2.45) is 0 Å². The topological polar surface area (TPSA) is 46.5 Å². The number of fused-ring (bicyclic) bond motifs is 2. The van der Waals surface area contributed by atoms with Gasteiger partial charge in [-0.3, -0.25) is 0 Å². The average Bonchev–Trinajstić information content (AvgIpc) is 2.72. The smallest absolute Gasteiger partial charge is 0.140 e. The van der Waals surface area contributed by atoms with Crippen LogP contribution in [-0.2, 0) is 5.60 Å². The van der Waals surface area contributed by atoms with Gasteiger partial charge in [-0.05, 0) is 31.0 Å². The molecule has 1 N–H and O–H groups in total. The summed E-state index contributed by atoms with van der Waals surface area (Å²) in [6, 6.07) is 5.73. The third kappa shape index (κ3) is 0.913. The minimum atomic E-state index is -0.709. The molecule has 16 heavy (non-hydrogen) atoms. The maximum absolute atomic E-state index is 10.3. The highest BCUT2D eigenvalue weighted by Crippen LogP contribution is 2.50. The minimum absolute atomic E-state index is 0.709. The molecule has 1 fully saturated rings. The zero-order valence-electron chi connectivity index (χ0n) is 8.56. The number of benzene rings is 1. The molecule has 2 aromatic heterocycles. The molecular weight excluding hydrogens is 204 g/mol. The summed E-state index contributed by atoms with van der Waals surface area (Å²) in [5.41, 5.74) is 1.77. The molecule has 3 nitrogen and oxygen atoms in total. The molecule has 0 atom stereocenters. The molecule has 0 aliphatic heterocycles. The first-order valence-electron chi connectivity index (χ1n) is 5.38. The monoisotopic (exact) mass is 214 g/mol. The maximum Gasteiger partial charge on any atom is 0.140 e. The SMILES string of the molecule is OC1(c2c3ccoc3cc3ccoc23)CC1. The van der Waals surface area contributed by atoms with Gasteiger partial charge in [0.25, 0.3) is 0 Å². The van der Waals surface area contributed by atoms with Crippen LogP contribution in [-0.4, -0.2) is 5.11 Å². The van der Waals surface area contributed by atoms with Crippen molar-refractivity contribution in [2.45, 2.75) is 18.4 Å². The lowest BCUT2D eigenvalue weighted by Gasteiger charge is -2.09. The van der Waals surface area contributed by atoms with Crippen LogP contribution in [0.5, 0.6) is 0 Å². The molecular formula is C13H10O3. The first-order valence-corrected chi connectivity index (χ1v) is 5.38. The van der Waals surface area contributed by atoms with Crippen LogP contribution in [0.4, 0.5) is 0 Å². The molecule has 3 aromatic rings. The van der Waals surface area contributed by atoms with Gasteiger partial charge in [-0.25, -0.2) is 0 Å². The molecule has 3 heteroatoms. The van der Waals surface area contributed by atoms with Crippen molar-refractivity contribution < 1.29 is 13.9 Å². The van der Waals surface area contributed by atoms with E-state index >= 15 is 0 Å². The van der Waals surface area contributed by atoms with E-state index in [1.165, 1.54) is 0 Å². The third-order valence-electron chi connectivity index (χ3n) is 3.36. The second-order valence-electron chi connectivity index (χ2n) is 4.45. The summed E-state index contributed by atoms with van der Waals surface area (Å²) < 4.78 is 10.9. The molecule has 0 bridgehead atoms. The van der Waals surface area contributed by atoms with Crippen molar-refractivity contribution in [1.82, 2.24) is 0 Å². The van der Waals surface area contributed by atoms with Gasteiger partial charge in [0.15, 0.2) is 0 Å². The van der Waals surface area contributed by atoms with Crippen molar-refractivity contribution in [1.29, 1.82) is 0 Å². The predicted molar refractivity (Wildman–Crippen MR) is 59.1 cm³/mol. The van der Waals surface area contributed by atoms with Crippen molar-refractivity contribution in [2.75, 3.05) is 0 Å². The fourth-order valence-electron chi connectivity index (χ4n) is 2.37. The normalized spacial score (nSPS) is 18.3. The Kier molecular flexibility index (Phi) is 1.31. The molecule has 0 saturated heterocycles. The lowest BCUT2D eigenvalue weighted by molar-refractivity contribution is 0.153. The van der Waals surface area contributed by atoms with E-state index in [1.807, 2.05) is 18.2 Å². The molecule has 0 unspecified atom stereocenters. The van der Waals surface area contributed by atoms with Gasteiger partial charge < -0.3 is 13.9 Å². The van der Waals surface area contributed by atoms with Crippen LogP contribution < -0.4 is 0 Å². The van der Waals surface area contributed by atoms with Crippen molar-refractivity contribution in [3.8, 4) is 0 Å². The molecule has 1 saturated carbocycles. The van der Waals surface area contributed by atoms with Crippen LogP contribution in [0.2, 0.25) is 0 Å². The summed E-state index contributed by atoms with van der Waals surface area (Å²) in [4.78, 5) is 0.